The predicted molar refractivity (Wildman–Crippen MR) is 128 cm³/mol. The fraction of sp³-hybridized carbons (Fsp3) is 0.296. The molecule has 1 saturated heterocycles. The average molecular weight is 444 g/mol. The minimum atomic E-state index is -0.260. The molecule has 33 heavy (non-hydrogen) atoms. The number of carbonyl (C=O) groups excluding carboxylic acids is 2. The van der Waals surface area contributed by atoms with Gasteiger partial charge in [-0.1, -0.05) is 36.4 Å². The largest absolute Gasteiger partial charge is 0.497 e. The number of carbonyl (C=O) groups is 2. The maximum absolute atomic E-state index is 12.8. The number of aryl methyl sites for hydroxylation is 1. The van der Waals surface area contributed by atoms with E-state index in [1.807, 2.05) is 41.3 Å². The zero-order valence-corrected chi connectivity index (χ0v) is 18.9. The Morgan fingerprint density at radius 2 is 1.67 bits per heavy atom. The molecule has 1 fully saturated rings. The van der Waals surface area contributed by atoms with E-state index in [9.17, 15) is 9.59 Å². The summed E-state index contributed by atoms with van der Waals surface area (Å²) in [6, 6.07) is 20.1. The van der Waals surface area contributed by atoms with Crippen molar-refractivity contribution in [3.05, 3.63) is 84.2 Å². The number of nitrogens with zero attached hydrogens (tertiary/aromatic N) is 2. The monoisotopic (exact) mass is 443 g/mol. The Kier molecular flexibility index (Phi) is 7.35. The lowest BCUT2D eigenvalue weighted by Crippen LogP contribution is -2.37. The Bertz CT molecular complexity index is 1070. The summed E-state index contributed by atoms with van der Waals surface area (Å²) in [4.78, 5) is 31.3. The third-order valence-corrected chi connectivity index (χ3v) is 6.08. The van der Waals surface area contributed by atoms with Crippen LogP contribution < -0.4 is 10.1 Å². The number of hydrogen-bond acceptors (Lipinski definition) is 4. The second-order valence-electron chi connectivity index (χ2n) is 8.31. The highest BCUT2D eigenvalue weighted by atomic mass is 16.5. The minimum Gasteiger partial charge on any atom is -0.497 e. The number of rotatable bonds is 7. The van der Waals surface area contributed by atoms with Crippen LogP contribution in [0.5, 0.6) is 5.75 Å². The molecule has 1 atom stereocenters. The third-order valence-electron chi connectivity index (χ3n) is 6.08. The second kappa shape index (κ2) is 10.8. The highest BCUT2D eigenvalue weighted by Crippen LogP contribution is 2.24. The van der Waals surface area contributed by atoms with E-state index in [2.05, 4.69) is 34.6 Å². The molecule has 1 aromatic heterocycles. The number of nitrogens with one attached hydrogen (secondary N) is 1. The third kappa shape index (κ3) is 5.98. The zero-order valence-electron chi connectivity index (χ0n) is 18.9. The topological polar surface area (TPSA) is 71.5 Å². The van der Waals surface area contributed by atoms with Crippen LogP contribution in [0, 0.1) is 5.92 Å². The zero-order chi connectivity index (χ0) is 23.0. The summed E-state index contributed by atoms with van der Waals surface area (Å²) in [7, 11) is 1.66. The van der Waals surface area contributed by atoms with Crippen molar-refractivity contribution in [3.8, 4) is 16.9 Å². The van der Waals surface area contributed by atoms with Gasteiger partial charge in [0.15, 0.2) is 0 Å². The summed E-state index contributed by atoms with van der Waals surface area (Å²) in [6.45, 7) is 1.49. The molecule has 2 amide bonds. The molecule has 2 heterocycles. The van der Waals surface area contributed by atoms with Gasteiger partial charge in [-0.05, 0) is 59.4 Å². The van der Waals surface area contributed by atoms with Gasteiger partial charge >= 0.3 is 0 Å². The van der Waals surface area contributed by atoms with Crippen molar-refractivity contribution in [2.45, 2.75) is 19.3 Å². The summed E-state index contributed by atoms with van der Waals surface area (Å²) in [5, 5.41) is 2.97. The van der Waals surface area contributed by atoms with E-state index in [0.29, 0.717) is 38.9 Å². The number of benzene rings is 2. The standard InChI is InChI=1S/C27H29N3O3/c1-33-25-9-7-23(8-10-25)22-5-2-21(3-6-22)18-24-19-30(17-16-29-27(24)32)26(31)11-4-20-12-14-28-15-13-20/h2-3,5-10,12-15,24H,4,11,16-19H2,1H3,(H,29,32). The first-order valence-electron chi connectivity index (χ1n) is 11.3. The molecule has 3 aromatic rings. The lowest BCUT2D eigenvalue weighted by Gasteiger charge is -2.23. The molecule has 1 N–H and O–H groups in total. The van der Waals surface area contributed by atoms with Gasteiger partial charge in [0, 0.05) is 38.4 Å². The first-order valence-corrected chi connectivity index (χ1v) is 11.3. The molecule has 6 nitrogen and oxygen atoms in total. The quantitative estimate of drug-likeness (QED) is 0.607. The Labute approximate surface area is 194 Å². The summed E-state index contributed by atoms with van der Waals surface area (Å²) in [5.74, 6) is 0.667. The molecule has 0 radical (unpaired) electrons. The molecule has 1 aliphatic rings. The summed E-state index contributed by atoms with van der Waals surface area (Å²) >= 11 is 0. The number of hydrogen-bond donors (Lipinski definition) is 1. The van der Waals surface area contributed by atoms with E-state index in [1.165, 1.54) is 0 Å². The van der Waals surface area contributed by atoms with Crippen molar-refractivity contribution in [1.29, 1.82) is 0 Å². The van der Waals surface area contributed by atoms with Crippen molar-refractivity contribution < 1.29 is 14.3 Å². The maximum Gasteiger partial charge on any atom is 0.225 e. The van der Waals surface area contributed by atoms with Crippen LogP contribution in [0.15, 0.2) is 73.1 Å². The van der Waals surface area contributed by atoms with E-state index in [1.54, 1.807) is 19.5 Å². The lowest BCUT2D eigenvalue weighted by molar-refractivity contribution is -0.132. The highest BCUT2D eigenvalue weighted by molar-refractivity contribution is 5.82. The van der Waals surface area contributed by atoms with Crippen LogP contribution in [0.2, 0.25) is 0 Å². The molecule has 1 unspecified atom stereocenters. The summed E-state index contributed by atoms with van der Waals surface area (Å²) in [6.07, 6.45) is 5.19. The molecule has 170 valence electrons. The van der Waals surface area contributed by atoms with Gasteiger partial charge in [0.1, 0.15) is 5.75 Å². The van der Waals surface area contributed by atoms with Crippen LogP contribution in [0.1, 0.15) is 17.5 Å². The molecular weight excluding hydrogens is 414 g/mol. The molecule has 0 spiro atoms. The summed E-state index contributed by atoms with van der Waals surface area (Å²) < 4.78 is 5.22. The van der Waals surface area contributed by atoms with Gasteiger partial charge in [-0.15, -0.1) is 0 Å². The highest BCUT2D eigenvalue weighted by Gasteiger charge is 2.27. The second-order valence-corrected chi connectivity index (χ2v) is 8.31. The SMILES string of the molecule is COc1ccc(-c2ccc(CC3CN(C(=O)CCc4ccncc4)CCNC3=O)cc2)cc1. The molecular formula is C27H29N3O3. The Morgan fingerprint density at radius 1 is 1.00 bits per heavy atom. The Balaban J connectivity index is 1.38. The summed E-state index contributed by atoms with van der Waals surface area (Å²) in [5.41, 5.74) is 4.40. The molecule has 0 bridgehead atoms. The molecule has 1 aliphatic heterocycles. The fourth-order valence-corrected chi connectivity index (χ4v) is 4.14. The number of aromatic nitrogens is 1. The lowest BCUT2D eigenvalue weighted by atomic mass is 9.96. The van der Waals surface area contributed by atoms with Crippen LogP contribution >= 0.6 is 0 Å². The number of methoxy groups -OCH3 is 1. The van der Waals surface area contributed by atoms with Gasteiger partial charge in [0.2, 0.25) is 11.8 Å². The normalized spacial score (nSPS) is 16.1. The van der Waals surface area contributed by atoms with Crippen molar-refractivity contribution >= 4 is 11.8 Å². The first-order chi connectivity index (χ1) is 16.1. The molecule has 0 saturated carbocycles. The van der Waals surface area contributed by atoms with Gasteiger partial charge in [-0.25, -0.2) is 0 Å². The first kappa shape index (κ1) is 22.5. The van der Waals surface area contributed by atoms with Crippen molar-refractivity contribution in [3.63, 3.8) is 0 Å². The van der Waals surface area contributed by atoms with Gasteiger partial charge < -0.3 is 15.0 Å². The average Bonchev–Trinajstić information content (AvgIpc) is 3.05. The van der Waals surface area contributed by atoms with Gasteiger partial charge in [0.25, 0.3) is 0 Å². The molecule has 4 rings (SSSR count). The number of ether oxygens (including phenoxy) is 1. The van der Waals surface area contributed by atoms with E-state index >= 15 is 0 Å². The van der Waals surface area contributed by atoms with Crippen molar-refractivity contribution in [1.82, 2.24) is 15.2 Å². The van der Waals surface area contributed by atoms with Crippen LogP contribution in [-0.4, -0.2) is 48.4 Å². The minimum absolute atomic E-state index is 0.0127. The molecule has 6 heteroatoms. The van der Waals surface area contributed by atoms with E-state index < -0.39 is 0 Å². The fourth-order valence-electron chi connectivity index (χ4n) is 4.14. The van der Waals surface area contributed by atoms with Gasteiger partial charge in [0.05, 0.1) is 13.0 Å². The van der Waals surface area contributed by atoms with Crippen LogP contribution in [0.25, 0.3) is 11.1 Å². The van der Waals surface area contributed by atoms with E-state index in [4.69, 9.17) is 4.74 Å². The predicted octanol–water partition coefficient (Wildman–Crippen LogP) is 3.51. The van der Waals surface area contributed by atoms with Crippen molar-refractivity contribution in [2.24, 2.45) is 5.92 Å². The van der Waals surface area contributed by atoms with Gasteiger partial charge in [-0.2, -0.15) is 0 Å². The Morgan fingerprint density at radius 3 is 2.33 bits per heavy atom. The number of amides is 2. The smallest absolute Gasteiger partial charge is 0.225 e. The molecule has 2 aromatic carbocycles. The van der Waals surface area contributed by atoms with Crippen LogP contribution in [0.3, 0.4) is 0 Å². The van der Waals surface area contributed by atoms with Gasteiger partial charge in [-0.3, -0.25) is 14.6 Å². The van der Waals surface area contributed by atoms with E-state index in [0.717, 1.165) is 28.0 Å². The number of pyridine rings is 1. The van der Waals surface area contributed by atoms with Crippen molar-refractivity contribution in [2.75, 3.05) is 26.7 Å². The maximum atomic E-state index is 12.8. The molecule has 0 aliphatic carbocycles. The van der Waals surface area contributed by atoms with Crippen LogP contribution in [-0.2, 0) is 22.4 Å². The van der Waals surface area contributed by atoms with Crippen LogP contribution in [0.4, 0.5) is 0 Å². The van der Waals surface area contributed by atoms with E-state index in [-0.39, 0.29) is 17.7 Å². The Hall–Kier alpha value is -3.67.